The van der Waals surface area contributed by atoms with Gasteiger partial charge in [-0.15, -0.1) is 0 Å². The van der Waals surface area contributed by atoms with Crippen LogP contribution < -0.4 is 0 Å². The minimum absolute atomic E-state index is 0. The number of hydrogen-bond donors (Lipinski definition) is 0. The fourth-order valence-corrected chi connectivity index (χ4v) is 3.84. The molecule has 0 unspecified atom stereocenters. The summed E-state index contributed by atoms with van der Waals surface area (Å²) >= 11 is 0. The molecule has 0 heterocycles. The van der Waals surface area contributed by atoms with Crippen LogP contribution in [0.25, 0.3) is 0 Å². The molecule has 2 aromatic rings. The van der Waals surface area contributed by atoms with Crippen LogP contribution in [0.5, 0.6) is 0 Å². The van der Waals surface area contributed by atoms with E-state index < -0.39 is 0 Å². The smallest absolute Gasteiger partial charge is 0.196 e. The molecule has 0 N–H and O–H groups in total. The van der Waals surface area contributed by atoms with Gasteiger partial charge in [-0.1, -0.05) is 94.9 Å². The molecular formula is C24H38Ru. The zero-order valence-corrected chi connectivity index (χ0v) is 19.9. The Morgan fingerprint density at radius 1 is 0.560 bits per heavy atom. The molecule has 2 aromatic carbocycles. The van der Waals surface area contributed by atoms with Crippen LogP contribution in [-0.2, 0) is 32.3 Å². The maximum Gasteiger partial charge on any atom is 2.00 e. The van der Waals surface area contributed by atoms with E-state index in [2.05, 4.69) is 69.2 Å². The Morgan fingerprint density at radius 2 is 0.840 bits per heavy atom. The Hall–Kier alpha value is -0.677. The Balaban J connectivity index is 0.000000443. The standard InChI is InChI=1S/2C12H19.Ru/c2*1-6-7-12-10(4)8(2)9(3)11(12)5;/h2*6-7H2,1-5H3;/q2*-1;+2. The van der Waals surface area contributed by atoms with Crippen molar-refractivity contribution in [2.75, 3.05) is 0 Å². The molecular weight excluding hydrogens is 389 g/mol. The summed E-state index contributed by atoms with van der Waals surface area (Å²) in [7, 11) is 0. The van der Waals surface area contributed by atoms with E-state index in [9.17, 15) is 0 Å². The van der Waals surface area contributed by atoms with Crippen molar-refractivity contribution in [2.24, 2.45) is 0 Å². The predicted molar refractivity (Wildman–Crippen MR) is 110 cm³/mol. The van der Waals surface area contributed by atoms with Crippen LogP contribution in [0.4, 0.5) is 0 Å². The molecule has 0 bridgehead atoms. The van der Waals surface area contributed by atoms with Crippen molar-refractivity contribution in [1.29, 1.82) is 0 Å². The fraction of sp³-hybridized carbons (Fsp3) is 0.583. The Labute approximate surface area is 169 Å². The first-order valence-corrected chi connectivity index (χ1v) is 9.62. The predicted octanol–water partition coefficient (Wildman–Crippen LogP) is 7.18. The van der Waals surface area contributed by atoms with Gasteiger partial charge in [0, 0.05) is 0 Å². The van der Waals surface area contributed by atoms with E-state index in [-0.39, 0.29) is 19.5 Å². The second-order valence-electron chi connectivity index (χ2n) is 7.46. The first-order valence-electron chi connectivity index (χ1n) is 9.62. The Bertz CT molecular complexity index is 569. The summed E-state index contributed by atoms with van der Waals surface area (Å²) in [4.78, 5) is 0. The largest absolute Gasteiger partial charge is 2.00 e. The minimum Gasteiger partial charge on any atom is -0.196 e. The second-order valence-corrected chi connectivity index (χ2v) is 7.46. The normalized spacial score (nSPS) is 10.3. The van der Waals surface area contributed by atoms with E-state index >= 15 is 0 Å². The van der Waals surface area contributed by atoms with Gasteiger partial charge in [-0.25, -0.2) is 0 Å². The molecule has 0 saturated heterocycles. The van der Waals surface area contributed by atoms with E-state index in [0.29, 0.717) is 0 Å². The van der Waals surface area contributed by atoms with Gasteiger partial charge in [0.05, 0.1) is 0 Å². The molecule has 1 heteroatoms. The summed E-state index contributed by atoms with van der Waals surface area (Å²) in [6, 6.07) is 0. The fourth-order valence-electron chi connectivity index (χ4n) is 3.84. The van der Waals surface area contributed by atoms with Crippen LogP contribution in [0, 0.1) is 55.4 Å². The first kappa shape index (κ1) is 24.3. The van der Waals surface area contributed by atoms with Crippen LogP contribution in [0.2, 0.25) is 0 Å². The van der Waals surface area contributed by atoms with E-state index in [1.54, 1.807) is 11.1 Å². The van der Waals surface area contributed by atoms with Crippen molar-refractivity contribution in [3.05, 3.63) is 55.6 Å². The third-order valence-electron chi connectivity index (χ3n) is 6.19. The maximum absolute atomic E-state index is 2.25. The SMILES string of the molecule is CCCc1c(C)c(C)c(C)[c-]1C.CCCc1c(C)c(C)c(C)[c-]1C.[Ru+2]. The van der Waals surface area contributed by atoms with Crippen molar-refractivity contribution in [1.82, 2.24) is 0 Å². The number of hydrogen-bond acceptors (Lipinski definition) is 0. The molecule has 2 rings (SSSR count). The summed E-state index contributed by atoms with van der Waals surface area (Å²) in [5, 5.41) is 0. The average molecular weight is 428 g/mol. The van der Waals surface area contributed by atoms with Gasteiger partial charge in [-0.05, 0) is 0 Å². The first-order chi connectivity index (χ1) is 11.2. The molecule has 0 aromatic heterocycles. The second kappa shape index (κ2) is 10.5. The van der Waals surface area contributed by atoms with E-state index in [1.807, 2.05) is 0 Å². The molecule has 0 aliphatic rings. The molecule has 25 heavy (non-hydrogen) atoms. The summed E-state index contributed by atoms with van der Waals surface area (Å²) in [5.74, 6) is 0. The summed E-state index contributed by atoms with van der Waals surface area (Å²) in [5.41, 5.74) is 15.2. The van der Waals surface area contributed by atoms with Crippen molar-refractivity contribution >= 4 is 0 Å². The molecule has 0 saturated carbocycles. The van der Waals surface area contributed by atoms with Crippen molar-refractivity contribution in [3.8, 4) is 0 Å². The van der Waals surface area contributed by atoms with Crippen LogP contribution in [0.3, 0.4) is 0 Å². The quantitative estimate of drug-likeness (QED) is 0.358. The molecule has 0 aliphatic heterocycles. The van der Waals surface area contributed by atoms with Gasteiger partial charge in [0.15, 0.2) is 0 Å². The van der Waals surface area contributed by atoms with Gasteiger partial charge in [0.1, 0.15) is 0 Å². The average Bonchev–Trinajstić information content (AvgIpc) is 2.86. The van der Waals surface area contributed by atoms with E-state index in [0.717, 1.165) is 0 Å². The van der Waals surface area contributed by atoms with Crippen molar-refractivity contribution in [2.45, 2.75) is 94.9 Å². The summed E-state index contributed by atoms with van der Waals surface area (Å²) < 4.78 is 0. The molecule has 0 radical (unpaired) electrons. The zero-order chi connectivity index (χ0) is 18.6. The van der Waals surface area contributed by atoms with Crippen molar-refractivity contribution in [3.63, 3.8) is 0 Å². The van der Waals surface area contributed by atoms with Crippen LogP contribution >= 0.6 is 0 Å². The molecule has 0 aliphatic carbocycles. The van der Waals surface area contributed by atoms with Gasteiger partial charge in [0.25, 0.3) is 0 Å². The molecule has 0 amide bonds. The van der Waals surface area contributed by atoms with Crippen LogP contribution in [0.1, 0.15) is 82.3 Å². The van der Waals surface area contributed by atoms with Gasteiger partial charge >= 0.3 is 19.5 Å². The van der Waals surface area contributed by atoms with Gasteiger partial charge < -0.3 is 0 Å². The zero-order valence-electron chi connectivity index (χ0n) is 18.2. The summed E-state index contributed by atoms with van der Waals surface area (Å²) in [6.45, 7) is 22.4. The number of rotatable bonds is 4. The third kappa shape index (κ3) is 5.16. The van der Waals surface area contributed by atoms with Gasteiger partial charge in [0.2, 0.25) is 0 Å². The topological polar surface area (TPSA) is 0 Å². The molecule has 0 nitrogen and oxygen atoms in total. The molecule has 142 valence electrons. The van der Waals surface area contributed by atoms with E-state index in [4.69, 9.17) is 0 Å². The van der Waals surface area contributed by atoms with Crippen LogP contribution in [0.15, 0.2) is 0 Å². The Kier molecular flexibility index (Phi) is 10.2. The minimum atomic E-state index is 0. The summed E-state index contributed by atoms with van der Waals surface area (Å²) in [6.07, 6.45) is 4.99. The van der Waals surface area contributed by atoms with E-state index in [1.165, 1.54) is 70.2 Å². The molecule has 0 spiro atoms. The van der Waals surface area contributed by atoms with Gasteiger partial charge in [-0.2, -0.15) is 55.6 Å². The van der Waals surface area contributed by atoms with Crippen molar-refractivity contribution < 1.29 is 19.5 Å². The maximum atomic E-state index is 2.25. The molecule has 0 fully saturated rings. The van der Waals surface area contributed by atoms with Gasteiger partial charge in [-0.3, -0.25) is 0 Å². The Morgan fingerprint density at radius 3 is 1.00 bits per heavy atom. The van der Waals surface area contributed by atoms with Crippen LogP contribution in [-0.4, -0.2) is 0 Å². The monoisotopic (exact) mass is 428 g/mol. The third-order valence-corrected chi connectivity index (χ3v) is 6.19. The molecule has 0 atom stereocenters.